The second-order valence-electron chi connectivity index (χ2n) is 6.16. The number of carbonyl (C=O) groups excluding carboxylic acids is 2. The Labute approximate surface area is 167 Å². The van der Waals surface area contributed by atoms with E-state index >= 15 is 0 Å². The molecule has 10 heteroatoms. The quantitative estimate of drug-likeness (QED) is 0.610. The van der Waals surface area contributed by atoms with Crippen molar-refractivity contribution in [2.24, 2.45) is 0 Å². The Kier molecular flexibility index (Phi) is 5.74. The summed E-state index contributed by atoms with van der Waals surface area (Å²) in [6.07, 6.45) is 4.06. The molecule has 2 heterocycles. The highest BCUT2D eigenvalue weighted by Crippen LogP contribution is 2.15. The number of sulfone groups is 1. The van der Waals surface area contributed by atoms with E-state index in [1.54, 1.807) is 31.3 Å². The minimum atomic E-state index is -3.32. The van der Waals surface area contributed by atoms with Crippen LogP contribution in [0.3, 0.4) is 0 Å². The standard InChI is InChI=1S/C19H18N4O5S/c1-13-16(11-21-23(13)17-5-3-4-10-20-17)19(25)28-12-18(24)22-14-6-8-15(9-7-14)29(2,26)27/h3-11H,12H2,1-2H3,(H,22,24). The number of anilines is 1. The minimum absolute atomic E-state index is 0.141. The van der Waals surface area contributed by atoms with Crippen LogP contribution in [-0.2, 0) is 19.4 Å². The van der Waals surface area contributed by atoms with Crippen LogP contribution in [0.1, 0.15) is 16.1 Å². The zero-order chi connectivity index (χ0) is 21.0. The molecule has 2 aromatic heterocycles. The summed E-state index contributed by atoms with van der Waals surface area (Å²) < 4.78 is 29.4. The van der Waals surface area contributed by atoms with Gasteiger partial charge in [0, 0.05) is 18.1 Å². The van der Waals surface area contributed by atoms with Crippen molar-refractivity contribution in [1.82, 2.24) is 14.8 Å². The molecule has 0 saturated heterocycles. The van der Waals surface area contributed by atoms with E-state index in [2.05, 4.69) is 15.4 Å². The third kappa shape index (κ3) is 4.85. The van der Waals surface area contributed by atoms with Gasteiger partial charge in [0.25, 0.3) is 5.91 Å². The van der Waals surface area contributed by atoms with Crippen molar-refractivity contribution in [2.75, 3.05) is 18.2 Å². The number of pyridine rings is 1. The van der Waals surface area contributed by atoms with Crippen LogP contribution in [-0.4, -0.2) is 47.9 Å². The van der Waals surface area contributed by atoms with Crippen LogP contribution in [0.15, 0.2) is 59.8 Å². The van der Waals surface area contributed by atoms with Crippen LogP contribution in [0.5, 0.6) is 0 Å². The molecular weight excluding hydrogens is 396 g/mol. The number of ether oxygens (including phenoxy) is 1. The van der Waals surface area contributed by atoms with Crippen LogP contribution in [0.4, 0.5) is 5.69 Å². The number of aromatic nitrogens is 3. The van der Waals surface area contributed by atoms with Gasteiger partial charge in [0.1, 0.15) is 5.56 Å². The summed E-state index contributed by atoms with van der Waals surface area (Å²) in [5.74, 6) is -0.688. The van der Waals surface area contributed by atoms with E-state index in [4.69, 9.17) is 4.74 Å². The van der Waals surface area contributed by atoms with Crippen LogP contribution in [0, 0.1) is 6.92 Å². The summed E-state index contributed by atoms with van der Waals surface area (Å²) in [4.78, 5) is 28.6. The van der Waals surface area contributed by atoms with Gasteiger partial charge in [0.05, 0.1) is 16.8 Å². The normalized spacial score (nSPS) is 11.1. The van der Waals surface area contributed by atoms with Crippen molar-refractivity contribution in [2.45, 2.75) is 11.8 Å². The molecule has 0 aliphatic heterocycles. The van der Waals surface area contributed by atoms with Gasteiger partial charge in [-0.15, -0.1) is 0 Å². The van der Waals surface area contributed by atoms with Crippen molar-refractivity contribution in [3.8, 4) is 5.82 Å². The molecule has 0 radical (unpaired) electrons. The maximum Gasteiger partial charge on any atom is 0.342 e. The Bertz CT molecular complexity index is 1140. The Hall–Kier alpha value is -3.53. The van der Waals surface area contributed by atoms with E-state index in [1.165, 1.54) is 35.1 Å². The second-order valence-corrected chi connectivity index (χ2v) is 8.18. The lowest BCUT2D eigenvalue weighted by Crippen LogP contribution is -2.21. The third-order valence-corrected chi connectivity index (χ3v) is 5.13. The van der Waals surface area contributed by atoms with E-state index in [-0.39, 0.29) is 10.5 Å². The van der Waals surface area contributed by atoms with Crippen molar-refractivity contribution in [1.29, 1.82) is 0 Å². The van der Waals surface area contributed by atoms with E-state index in [9.17, 15) is 18.0 Å². The summed E-state index contributed by atoms with van der Waals surface area (Å²) in [7, 11) is -3.32. The fourth-order valence-corrected chi connectivity index (χ4v) is 3.14. The fourth-order valence-electron chi connectivity index (χ4n) is 2.51. The first-order chi connectivity index (χ1) is 13.8. The average molecular weight is 414 g/mol. The lowest BCUT2D eigenvalue weighted by Gasteiger charge is -2.07. The minimum Gasteiger partial charge on any atom is -0.452 e. The first kappa shape index (κ1) is 20.2. The number of carbonyl (C=O) groups is 2. The molecule has 0 aliphatic carbocycles. The van der Waals surface area contributed by atoms with Gasteiger partial charge in [0.15, 0.2) is 22.3 Å². The molecule has 1 N–H and O–H groups in total. The van der Waals surface area contributed by atoms with Crippen LogP contribution >= 0.6 is 0 Å². The molecule has 3 rings (SSSR count). The molecule has 1 aromatic carbocycles. The maximum atomic E-state index is 12.3. The van der Waals surface area contributed by atoms with Gasteiger partial charge < -0.3 is 10.1 Å². The molecule has 0 saturated carbocycles. The highest BCUT2D eigenvalue weighted by atomic mass is 32.2. The third-order valence-electron chi connectivity index (χ3n) is 4.00. The van der Waals surface area contributed by atoms with Crippen molar-refractivity contribution >= 4 is 27.4 Å². The summed E-state index contributed by atoms with van der Waals surface area (Å²) in [6.45, 7) is 1.20. The van der Waals surface area contributed by atoms with E-state index in [0.29, 0.717) is 17.2 Å². The molecule has 9 nitrogen and oxygen atoms in total. The van der Waals surface area contributed by atoms with Gasteiger partial charge in [0.2, 0.25) is 0 Å². The number of esters is 1. The molecule has 3 aromatic rings. The van der Waals surface area contributed by atoms with Crippen LogP contribution < -0.4 is 5.32 Å². The summed E-state index contributed by atoms with van der Waals surface area (Å²) in [6, 6.07) is 11.0. The smallest absolute Gasteiger partial charge is 0.342 e. The molecule has 0 atom stereocenters. The SMILES string of the molecule is Cc1c(C(=O)OCC(=O)Nc2ccc(S(C)(=O)=O)cc2)cnn1-c1ccccn1. The van der Waals surface area contributed by atoms with E-state index in [1.807, 2.05) is 0 Å². The number of benzene rings is 1. The first-order valence-corrected chi connectivity index (χ1v) is 10.4. The van der Waals surface area contributed by atoms with Crippen LogP contribution in [0.25, 0.3) is 5.82 Å². The molecule has 150 valence electrons. The first-order valence-electron chi connectivity index (χ1n) is 8.49. The lowest BCUT2D eigenvalue weighted by atomic mass is 10.2. The highest BCUT2D eigenvalue weighted by molar-refractivity contribution is 7.90. The number of nitrogens with one attached hydrogen (secondary N) is 1. The second kappa shape index (κ2) is 8.23. The number of rotatable bonds is 6. The molecule has 29 heavy (non-hydrogen) atoms. The predicted octanol–water partition coefficient (Wildman–Crippen LogP) is 1.77. The van der Waals surface area contributed by atoms with Crippen molar-refractivity contribution in [3.63, 3.8) is 0 Å². The monoisotopic (exact) mass is 414 g/mol. The van der Waals surface area contributed by atoms with Gasteiger partial charge >= 0.3 is 5.97 Å². The zero-order valence-electron chi connectivity index (χ0n) is 15.7. The average Bonchev–Trinajstić information content (AvgIpc) is 3.08. The lowest BCUT2D eigenvalue weighted by molar-refractivity contribution is -0.119. The number of hydrogen-bond donors (Lipinski definition) is 1. The molecule has 0 unspecified atom stereocenters. The highest BCUT2D eigenvalue weighted by Gasteiger charge is 2.18. The van der Waals surface area contributed by atoms with E-state index < -0.39 is 28.3 Å². The molecule has 0 spiro atoms. The zero-order valence-corrected chi connectivity index (χ0v) is 16.5. The predicted molar refractivity (Wildman–Crippen MR) is 105 cm³/mol. The Balaban J connectivity index is 1.59. The summed E-state index contributed by atoms with van der Waals surface area (Å²) in [5, 5.41) is 6.66. The van der Waals surface area contributed by atoms with Crippen molar-refractivity contribution < 1.29 is 22.7 Å². The molecule has 0 fully saturated rings. The Morgan fingerprint density at radius 1 is 1.14 bits per heavy atom. The number of hydrogen-bond acceptors (Lipinski definition) is 7. The fraction of sp³-hybridized carbons (Fsp3) is 0.158. The molecule has 1 amide bonds. The van der Waals surface area contributed by atoms with Gasteiger partial charge in [-0.2, -0.15) is 5.10 Å². The summed E-state index contributed by atoms with van der Waals surface area (Å²) >= 11 is 0. The van der Waals surface area contributed by atoms with Gasteiger partial charge in [-0.3, -0.25) is 4.79 Å². The van der Waals surface area contributed by atoms with Gasteiger partial charge in [-0.25, -0.2) is 22.9 Å². The van der Waals surface area contributed by atoms with Gasteiger partial charge in [-0.1, -0.05) is 6.07 Å². The topological polar surface area (TPSA) is 120 Å². The largest absolute Gasteiger partial charge is 0.452 e. The van der Waals surface area contributed by atoms with Gasteiger partial charge in [-0.05, 0) is 43.3 Å². The molecule has 0 aliphatic rings. The molecular formula is C19H18N4O5S. The number of amides is 1. The summed E-state index contributed by atoms with van der Waals surface area (Å²) in [5.41, 5.74) is 1.14. The Morgan fingerprint density at radius 3 is 2.48 bits per heavy atom. The number of nitrogens with zero attached hydrogens (tertiary/aromatic N) is 3. The van der Waals surface area contributed by atoms with Crippen LogP contribution in [0.2, 0.25) is 0 Å². The molecule has 0 bridgehead atoms. The Morgan fingerprint density at radius 2 is 1.86 bits per heavy atom. The van der Waals surface area contributed by atoms with Crippen molar-refractivity contribution in [3.05, 3.63) is 66.1 Å². The van der Waals surface area contributed by atoms with E-state index in [0.717, 1.165) is 6.26 Å². The maximum absolute atomic E-state index is 12.3.